The first kappa shape index (κ1) is 13.0. The summed E-state index contributed by atoms with van der Waals surface area (Å²) >= 11 is 0. The van der Waals surface area contributed by atoms with Crippen molar-refractivity contribution in [3.63, 3.8) is 0 Å². The van der Waals surface area contributed by atoms with Crippen molar-refractivity contribution in [2.45, 2.75) is 6.10 Å². The number of hydrogen-bond donors (Lipinski definition) is 1. The number of hydrogen-bond acceptors (Lipinski definition) is 3. The summed E-state index contributed by atoms with van der Waals surface area (Å²) in [5.74, 6) is -1.17. The third kappa shape index (κ3) is 2.87. The van der Waals surface area contributed by atoms with Gasteiger partial charge in [0.2, 0.25) is 0 Å². The molecule has 5 heteroatoms. The lowest BCUT2D eigenvalue weighted by Gasteiger charge is -2.09. The van der Waals surface area contributed by atoms with Crippen molar-refractivity contribution in [1.82, 2.24) is 0 Å². The SMILES string of the molecule is N#CC(O)c1cc(Oc2ccccc2F)ccc1F. The molecule has 1 unspecified atom stereocenters. The van der Waals surface area contributed by atoms with Gasteiger partial charge in [-0.1, -0.05) is 12.1 Å². The Hall–Kier alpha value is -2.45. The molecule has 0 saturated heterocycles. The standard InChI is InChI=1S/C14H9F2NO2/c15-11-6-5-9(7-10(11)13(18)8-17)19-14-4-2-1-3-12(14)16/h1-7,13,18H. The number of para-hydroxylation sites is 1. The Morgan fingerprint density at radius 3 is 2.53 bits per heavy atom. The van der Waals surface area contributed by atoms with Gasteiger partial charge in [-0.15, -0.1) is 0 Å². The third-order valence-electron chi connectivity index (χ3n) is 2.45. The van der Waals surface area contributed by atoms with Crippen molar-refractivity contribution in [2.24, 2.45) is 0 Å². The zero-order valence-electron chi connectivity index (χ0n) is 9.68. The topological polar surface area (TPSA) is 53.2 Å². The number of nitrogens with zero attached hydrogens (tertiary/aromatic N) is 1. The Labute approximate surface area is 108 Å². The van der Waals surface area contributed by atoms with Crippen LogP contribution in [0.4, 0.5) is 8.78 Å². The lowest BCUT2D eigenvalue weighted by Crippen LogP contribution is -1.98. The van der Waals surface area contributed by atoms with Crippen molar-refractivity contribution in [3.05, 3.63) is 59.7 Å². The average Bonchev–Trinajstić information content (AvgIpc) is 2.42. The van der Waals surface area contributed by atoms with E-state index in [1.165, 1.54) is 30.3 Å². The van der Waals surface area contributed by atoms with E-state index in [2.05, 4.69) is 0 Å². The first-order valence-electron chi connectivity index (χ1n) is 5.41. The van der Waals surface area contributed by atoms with Crippen LogP contribution in [0, 0.1) is 23.0 Å². The molecule has 0 bridgehead atoms. The van der Waals surface area contributed by atoms with E-state index in [0.717, 1.165) is 12.1 Å². The predicted molar refractivity (Wildman–Crippen MR) is 63.4 cm³/mol. The Morgan fingerprint density at radius 1 is 1.11 bits per heavy atom. The molecule has 0 aliphatic carbocycles. The minimum absolute atomic E-state index is 0.0218. The number of nitriles is 1. The van der Waals surface area contributed by atoms with Gasteiger partial charge in [0.1, 0.15) is 11.6 Å². The maximum atomic E-state index is 13.4. The molecular weight excluding hydrogens is 252 g/mol. The minimum atomic E-state index is -1.59. The van der Waals surface area contributed by atoms with Crippen LogP contribution < -0.4 is 4.74 Å². The first-order valence-corrected chi connectivity index (χ1v) is 5.41. The van der Waals surface area contributed by atoms with E-state index in [0.29, 0.717) is 0 Å². The average molecular weight is 261 g/mol. The third-order valence-corrected chi connectivity index (χ3v) is 2.45. The van der Waals surface area contributed by atoms with Gasteiger partial charge in [-0.25, -0.2) is 8.78 Å². The molecule has 96 valence electrons. The number of halogens is 2. The van der Waals surface area contributed by atoms with Crippen LogP contribution in [0.5, 0.6) is 11.5 Å². The summed E-state index contributed by atoms with van der Waals surface area (Å²) in [6.07, 6.45) is -1.59. The summed E-state index contributed by atoms with van der Waals surface area (Å²) in [5.41, 5.74) is -0.212. The molecule has 0 aliphatic rings. The zero-order valence-corrected chi connectivity index (χ0v) is 9.68. The largest absolute Gasteiger partial charge is 0.454 e. The summed E-state index contributed by atoms with van der Waals surface area (Å²) in [5, 5.41) is 17.9. The molecule has 3 nitrogen and oxygen atoms in total. The fraction of sp³-hybridized carbons (Fsp3) is 0.0714. The molecule has 0 heterocycles. The number of aliphatic hydroxyl groups is 1. The monoisotopic (exact) mass is 261 g/mol. The van der Waals surface area contributed by atoms with Gasteiger partial charge in [-0.3, -0.25) is 0 Å². The Bertz CT molecular complexity index is 638. The van der Waals surface area contributed by atoms with Gasteiger partial charge in [-0.05, 0) is 30.3 Å². The molecular formula is C14H9F2NO2. The lowest BCUT2D eigenvalue weighted by atomic mass is 10.1. The van der Waals surface area contributed by atoms with Crippen LogP contribution in [-0.2, 0) is 0 Å². The van der Waals surface area contributed by atoms with Crippen LogP contribution in [0.3, 0.4) is 0 Å². The second-order valence-corrected chi connectivity index (χ2v) is 3.75. The Kier molecular flexibility index (Phi) is 3.74. The summed E-state index contributed by atoms with van der Waals surface area (Å²) in [4.78, 5) is 0. The van der Waals surface area contributed by atoms with Crippen molar-refractivity contribution in [1.29, 1.82) is 5.26 Å². The molecule has 0 aliphatic heterocycles. The van der Waals surface area contributed by atoms with E-state index in [-0.39, 0.29) is 17.1 Å². The van der Waals surface area contributed by atoms with Gasteiger partial charge >= 0.3 is 0 Å². The van der Waals surface area contributed by atoms with Crippen LogP contribution in [0.15, 0.2) is 42.5 Å². The molecule has 1 atom stereocenters. The molecule has 19 heavy (non-hydrogen) atoms. The van der Waals surface area contributed by atoms with Gasteiger partial charge in [-0.2, -0.15) is 5.26 Å². The van der Waals surface area contributed by atoms with Crippen LogP contribution >= 0.6 is 0 Å². The van der Waals surface area contributed by atoms with Crippen molar-refractivity contribution >= 4 is 0 Å². The number of aliphatic hydroxyl groups excluding tert-OH is 1. The highest BCUT2D eigenvalue weighted by atomic mass is 19.1. The van der Waals surface area contributed by atoms with E-state index in [9.17, 15) is 13.9 Å². The maximum absolute atomic E-state index is 13.4. The van der Waals surface area contributed by atoms with Gasteiger partial charge in [0.05, 0.1) is 6.07 Å². The van der Waals surface area contributed by atoms with Crippen LogP contribution in [0.1, 0.15) is 11.7 Å². The van der Waals surface area contributed by atoms with Gasteiger partial charge in [0, 0.05) is 5.56 Å². The molecule has 2 aromatic carbocycles. The van der Waals surface area contributed by atoms with Crippen molar-refractivity contribution in [3.8, 4) is 17.6 Å². The van der Waals surface area contributed by atoms with E-state index in [1.807, 2.05) is 0 Å². The first-order chi connectivity index (χ1) is 9.11. The summed E-state index contributed by atoms with van der Waals surface area (Å²) in [6, 6.07) is 10.8. The molecule has 0 amide bonds. The molecule has 0 fully saturated rings. The molecule has 0 saturated carbocycles. The number of benzene rings is 2. The molecule has 2 aromatic rings. The van der Waals surface area contributed by atoms with Gasteiger partial charge in [0.25, 0.3) is 0 Å². The van der Waals surface area contributed by atoms with Crippen LogP contribution in [0.2, 0.25) is 0 Å². The van der Waals surface area contributed by atoms with E-state index in [4.69, 9.17) is 10.00 Å². The normalized spacial score (nSPS) is 11.7. The summed E-state index contributed by atoms with van der Waals surface area (Å²) in [7, 11) is 0. The van der Waals surface area contributed by atoms with Crippen molar-refractivity contribution < 1.29 is 18.6 Å². The lowest BCUT2D eigenvalue weighted by molar-refractivity contribution is 0.230. The fourth-order valence-electron chi connectivity index (χ4n) is 1.52. The minimum Gasteiger partial charge on any atom is -0.454 e. The van der Waals surface area contributed by atoms with E-state index < -0.39 is 17.7 Å². The van der Waals surface area contributed by atoms with Crippen LogP contribution in [0.25, 0.3) is 0 Å². The summed E-state index contributed by atoms with van der Waals surface area (Å²) in [6.45, 7) is 0. The van der Waals surface area contributed by atoms with Gasteiger partial charge < -0.3 is 9.84 Å². The highest BCUT2D eigenvalue weighted by Gasteiger charge is 2.14. The van der Waals surface area contributed by atoms with E-state index in [1.54, 1.807) is 6.07 Å². The summed E-state index contributed by atoms with van der Waals surface area (Å²) < 4.78 is 32.0. The van der Waals surface area contributed by atoms with Gasteiger partial charge in [0.15, 0.2) is 17.7 Å². The number of rotatable bonds is 3. The molecule has 0 spiro atoms. The zero-order chi connectivity index (χ0) is 13.8. The highest BCUT2D eigenvalue weighted by Crippen LogP contribution is 2.27. The van der Waals surface area contributed by atoms with E-state index >= 15 is 0 Å². The Morgan fingerprint density at radius 2 is 1.84 bits per heavy atom. The fourth-order valence-corrected chi connectivity index (χ4v) is 1.52. The maximum Gasteiger partial charge on any atom is 0.168 e. The molecule has 2 rings (SSSR count). The quantitative estimate of drug-likeness (QED) is 0.862. The molecule has 0 radical (unpaired) electrons. The number of ether oxygens (including phenoxy) is 1. The second kappa shape index (κ2) is 5.46. The Balaban J connectivity index is 2.32. The second-order valence-electron chi connectivity index (χ2n) is 3.75. The highest BCUT2D eigenvalue weighted by molar-refractivity contribution is 5.37. The van der Waals surface area contributed by atoms with Crippen LogP contribution in [-0.4, -0.2) is 5.11 Å². The molecule has 0 aromatic heterocycles. The molecule has 1 N–H and O–H groups in total. The van der Waals surface area contributed by atoms with Crippen molar-refractivity contribution in [2.75, 3.05) is 0 Å². The smallest absolute Gasteiger partial charge is 0.168 e. The predicted octanol–water partition coefficient (Wildman–Crippen LogP) is 3.31.